The van der Waals surface area contributed by atoms with E-state index in [1.165, 1.54) is 19.5 Å². The Morgan fingerprint density at radius 1 is 1.38 bits per heavy atom. The quantitative estimate of drug-likeness (QED) is 0.645. The van der Waals surface area contributed by atoms with Gasteiger partial charge in [-0.25, -0.2) is 14.8 Å². The Morgan fingerprint density at radius 3 is 2.31 bits per heavy atom. The van der Waals surface area contributed by atoms with Crippen LogP contribution < -0.4 is 0 Å². The Hall–Kier alpha value is -1.45. The van der Waals surface area contributed by atoms with Crippen molar-refractivity contribution in [2.24, 2.45) is 0 Å². The van der Waals surface area contributed by atoms with Crippen LogP contribution in [0, 0.1) is 0 Å². The van der Waals surface area contributed by atoms with Crippen molar-refractivity contribution in [1.29, 1.82) is 0 Å². The van der Waals surface area contributed by atoms with Crippen molar-refractivity contribution in [2.75, 3.05) is 7.11 Å². The molecule has 0 atom stereocenters. The fourth-order valence-electron chi connectivity index (χ4n) is 0.859. The first-order chi connectivity index (χ1) is 6.15. The highest BCUT2D eigenvalue weighted by Crippen LogP contribution is 2.07. The average molecular weight is 180 g/mol. The lowest BCUT2D eigenvalue weighted by molar-refractivity contribution is 0.0599. The third kappa shape index (κ3) is 2.24. The lowest BCUT2D eigenvalue weighted by atomic mass is 10.2. The molecule has 0 bridgehead atoms. The number of nitrogens with zero attached hydrogens (tertiary/aromatic N) is 2. The van der Waals surface area contributed by atoms with Gasteiger partial charge in [-0.3, -0.25) is 0 Å². The van der Waals surface area contributed by atoms with Gasteiger partial charge in [0.25, 0.3) is 0 Å². The van der Waals surface area contributed by atoms with Gasteiger partial charge >= 0.3 is 5.97 Å². The van der Waals surface area contributed by atoms with Gasteiger partial charge in [-0.15, -0.1) is 0 Å². The molecule has 0 N–H and O–H groups in total. The van der Waals surface area contributed by atoms with E-state index >= 15 is 0 Å². The predicted octanol–water partition coefficient (Wildman–Crippen LogP) is 1.39. The van der Waals surface area contributed by atoms with Gasteiger partial charge in [0.2, 0.25) is 0 Å². The van der Waals surface area contributed by atoms with E-state index in [0.717, 1.165) is 5.82 Å². The van der Waals surface area contributed by atoms with Crippen LogP contribution in [0.4, 0.5) is 0 Å². The standard InChI is InChI=1S/C9H12N2O2/c1-6(2)8-10-4-7(5-11-8)9(12)13-3/h4-6H,1-3H3. The predicted molar refractivity (Wildman–Crippen MR) is 47.5 cm³/mol. The van der Waals surface area contributed by atoms with Gasteiger partial charge in [0.15, 0.2) is 0 Å². The highest BCUT2D eigenvalue weighted by molar-refractivity contribution is 5.88. The summed E-state index contributed by atoms with van der Waals surface area (Å²) in [5.41, 5.74) is 0.381. The summed E-state index contributed by atoms with van der Waals surface area (Å²) in [6, 6.07) is 0. The smallest absolute Gasteiger partial charge is 0.341 e. The van der Waals surface area contributed by atoms with Crippen molar-refractivity contribution >= 4 is 5.97 Å². The Balaban J connectivity index is 2.87. The van der Waals surface area contributed by atoms with Gasteiger partial charge in [-0.2, -0.15) is 0 Å². The molecule has 0 aromatic carbocycles. The van der Waals surface area contributed by atoms with Crippen LogP contribution in [0.2, 0.25) is 0 Å². The highest BCUT2D eigenvalue weighted by atomic mass is 16.5. The second kappa shape index (κ2) is 3.98. The van der Waals surface area contributed by atoms with Crippen molar-refractivity contribution in [3.8, 4) is 0 Å². The Kier molecular flexibility index (Phi) is 2.95. The maximum atomic E-state index is 11.0. The van der Waals surface area contributed by atoms with Crippen molar-refractivity contribution in [1.82, 2.24) is 9.97 Å². The summed E-state index contributed by atoms with van der Waals surface area (Å²) >= 11 is 0. The summed E-state index contributed by atoms with van der Waals surface area (Å²) in [4.78, 5) is 19.1. The van der Waals surface area contributed by atoms with E-state index in [2.05, 4.69) is 14.7 Å². The SMILES string of the molecule is COC(=O)c1cnc(C(C)C)nc1. The van der Waals surface area contributed by atoms with Crippen LogP contribution in [0.25, 0.3) is 0 Å². The number of rotatable bonds is 2. The first kappa shape index (κ1) is 9.64. The van der Waals surface area contributed by atoms with Crippen molar-refractivity contribution in [3.05, 3.63) is 23.8 Å². The minimum absolute atomic E-state index is 0.270. The van der Waals surface area contributed by atoms with Crippen LogP contribution in [0.3, 0.4) is 0 Å². The second-order valence-corrected chi connectivity index (χ2v) is 2.98. The molecule has 0 unspecified atom stereocenters. The summed E-state index contributed by atoms with van der Waals surface area (Å²) in [7, 11) is 1.33. The monoisotopic (exact) mass is 180 g/mol. The topological polar surface area (TPSA) is 52.1 Å². The summed E-state index contributed by atoms with van der Waals surface area (Å²) in [5, 5.41) is 0. The molecule has 0 fully saturated rings. The molecule has 0 spiro atoms. The lowest BCUT2D eigenvalue weighted by Crippen LogP contribution is -2.05. The van der Waals surface area contributed by atoms with Gasteiger partial charge in [0.1, 0.15) is 5.82 Å². The molecule has 1 aromatic rings. The fourth-order valence-corrected chi connectivity index (χ4v) is 0.859. The van der Waals surface area contributed by atoms with Gasteiger partial charge in [0.05, 0.1) is 12.7 Å². The van der Waals surface area contributed by atoms with Crippen molar-refractivity contribution in [2.45, 2.75) is 19.8 Å². The maximum Gasteiger partial charge on any atom is 0.341 e. The molecular formula is C9H12N2O2. The normalized spacial score (nSPS) is 10.2. The third-order valence-electron chi connectivity index (χ3n) is 1.61. The molecule has 0 amide bonds. The Labute approximate surface area is 77.0 Å². The van der Waals surface area contributed by atoms with E-state index in [-0.39, 0.29) is 5.92 Å². The summed E-state index contributed by atoms with van der Waals surface area (Å²) in [6.07, 6.45) is 2.96. The largest absolute Gasteiger partial charge is 0.465 e. The molecule has 0 aliphatic carbocycles. The van der Waals surface area contributed by atoms with Crippen LogP contribution in [0.15, 0.2) is 12.4 Å². The van der Waals surface area contributed by atoms with Crippen molar-refractivity contribution < 1.29 is 9.53 Å². The molecule has 4 nitrogen and oxygen atoms in total. The first-order valence-corrected chi connectivity index (χ1v) is 4.05. The molecule has 70 valence electrons. The summed E-state index contributed by atoms with van der Waals surface area (Å²) < 4.78 is 4.52. The van der Waals surface area contributed by atoms with Crippen LogP contribution in [0.5, 0.6) is 0 Å². The number of carbonyl (C=O) groups excluding carboxylic acids is 1. The van der Waals surface area contributed by atoms with Crippen LogP contribution in [0.1, 0.15) is 35.9 Å². The van der Waals surface area contributed by atoms with E-state index in [1.54, 1.807) is 0 Å². The van der Waals surface area contributed by atoms with E-state index < -0.39 is 5.97 Å². The molecule has 0 saturated heterocycles. The minimum Gasteiger partial charge on any atom is -0.465 e. The molecule has 1 aromatic heterocycles. The van der Waals surface area contributed by atoms with Gasteiger partial charge in [-0.1, -0.05) is 13.8 Å². The molecule has 4 heteroatoms. The highest BCUT2D eigenvalue weighted by Gasteiger charge is 2.07. The number of esters is 1. The second-order valence-electron chi connectivity index (χ2n) is 2.98. The number of hydrogen-bond donors (Lipinski definition) is 0. The molecule has 1 rings (SSSR count). The molecule has 13 heavy (non-hydrogen) atoms. The average Bonchev–Trinajstić information content (AvgIpc) is 2.17. The third-order valence-corrected chi connectivity index (χ3v) is 1.61. The molecule has 0 aliphatic rings. The van der Waals surface area contributed by atoms with E-state index in [4.69, 9.17) is 0 Å². The number of hydrogen-bond acceptors (Lipinski definition) is 4. The zero-order chi connectivity index (χ0) is 9.84. The summed E-state index contributed by atoms with van der Waals surface area (Å²) in [5.74, 6) is 0.592. The van der Waals surface area contributed by atoms with E-state index in [9.17, 15) is 4.79 Å². The molecule has 0 saturated carbocycles. The van der Waals surface area contributed by atoms with Crippen molar-refractivity contribution in [3.63, 3.8) is 0 Å². The fraction of sp³-hybridized carbons (Fsp3) is 0.444. The first-order valence-electron chi connectivity index (χ1n) is 4.05. The number of methoxy groups -OCH3 is 1. The Bertz CT molecular complexity index is 293. The molecule has 1 heterocycles. The zero-order valence-electron chi connectivity index (χ0n) is 7.94. The van der Waals surface area contributed by atoms with E-state index in [1.807, 2.05) is 13.8 Å². The zero-order valence-corrected chi connectivity index (χ0v) is 7.94. The molecular weight excluding hydrogens is 168 g/mol. The molecule has 0 aliphatic heterocycles. The van der Waals surface area contributed by atoms with E-state index in [0.29, 0.717) is 5.56 Å². The van der Waals surface area contributed by atoms with Gasteiger partial charge < -0.3 is 4.74 Å². The lowest BCUT2D eigenvalue weighted by Gasteiger charge is -2.02. The Morgan fingerprint density at radius 2 is 1.92 bits per heavy atom. The van der Waals surface area contributed by atoms with Crippen LogP contribution in [-0.2, 0) is 4.74 Å². The van der Waals surface area contributed by atoms with Crippen LogP contribution >= 0.6 is 0 Å². The van der Waals surface area contributed by atoms with Gasteiger partial charge in [0, 0.05) is 18.3 Å². The molecule has 0 radical (unpaired) electrons. The number of ether oxygens (including phenoxy) is 1. The van der Waals surface area contributed by atoms with Crippen LogP contribution in [-0.4, -0.2) is 23.0 Å². The maximum absolute atomic E-state index is 11.0. The van der Waals surface area contributed by atoms with Gasteiger partial charge in [-0.05, 0) is 0 Å². The number of aromatic nitrogens is 2. The number of carbonyl (C=O) groups is 1. The minimum atomic E-state index is -0.407. The summed E-state index contributed by atoms with van der Waals surface area (Å²) in [6.45, 7) is 3.99.